The molecule has 0 aliphatic heterocycles. The van der Waals surface area contributed by atoms with Crippen LogP contribution in [0.1, 0.15) is 29.0 Å². The maximum absolute atomic E-state index is 12.5. The molecule has 122 valence electrons. The van der Waals surface area contributed by atoms with E-state index in [9.17, 15) is 9.90 Å². The van der Waals surface area contributed by atoms with Gasteiger partial charge in [0.2, 0.25) is 0 Å². The van der Waals surface area contributed by atoms with Crippen molar-refractivity contribution in [2.24, 2.45) is 5.92 Å². The first-order chi connectivity index (χ1) is 11.0. The van der Waals surface area contributed by atoms with Crippen molar-refractivity contribution in [2.45, 2.75) is 18.4 Å². The minimum absolute atomic E-state index is 0.105. The molecule has 1 atom stereocenters. The molecule has 23 heavy (non-hydrogen) atoms. The Kier molecular flexibility index (Phi) is 4.46. The number of hydrogen-bond acceptors (Lipinski definition) is 4. The zero-order chi connectivity index (χ0) is 16.4. The predicted molar refractivity (Wildman–Crippen MR) is 88.4 cm³/mol. The topological polar surface area (TPSA) is 71.7 Å². The summed E-state index contributed by atoms with van der Waals surface area (Å²) in [6.07, 6.45) is 3.38. The lowest BCUT2D eigenvalue weighted by Crippen LogP contribution is -2.42. The van der Waals surface area contributed by atoms with Gasteiger partial charge >= 0.3 is 0 Å². The number of methoxy groups -OCH3 is 1. The molecule has 1 aliphatic rings. The number of ether oxygens (including phenoxy) is 1. The summed E-state index contributed by atoms with van der Waals surface area (Å²) in [6.45, 7) is 0.105. The average molecular weight is 380 g/mol. The van der Waals surface area contributed by atoms with Gasteiger partial charge in [-0.15, -0.1) is 0 Å². The first-order valence-electron chi connectivity index (χ1n) is 7.42. The van der Waals surface area contributed by atoms with E-state index in [1.165, 1.54) is 6.26 Å². The Balaban J connectivity index is 1.75. The average Bonchev–Trinajstić information content (AvgIpc) is 3.28. The third kappa shape index (κ3) is 3.28. The maximum Gasteiger partial charge on any atom is 0.252 e. The molecule has 1 saturated carbocycles. The second-order valence-electron chi connectivity index (χ2n) is 5.70. The Hall–Kier alpha value is -1.79. The van der Waals surface area contributed by atoms with Gasteiger partial charge in [0.05, 0.1) is 25.5 Å². The molecule has 1 amide bonds. The highest BCUT2D eigenvalue weighted by molar-refractivity contribution is 9.10. The Morgan fingerprint density at radius 1 is 1.48 bits per heavy atom. The monoisotopic (exact) mass is 379 g/mol. The molecule has 2 aromatic rings. The number of halogens is 1. The zero-order valence-electron chi connectivity index (χ0n) is 12.7. The third-order valence-electron chi connectivity index (χ3n) is 4.14. The number of aliphatic hydroxyl groups is 1. The summed E-state index contributed by atoms with van der Waals surface area (Å²) in [6, 6.07) is 8.66. The van der Waals surface area contributed by atoms with E-state index >= 15 is 0 Å². The largest absolute Gasteiger partial charge is 0.497 e. The molecule has 1 fully saturated rings. The van der Waals surface area contributed by atoms with Crippen LogP contribution in [0.25, 0.3) is 0 Å². The third-order valence-corrected chi connectivity index (χ3v) is 4.83. The fraction of sp³-hybridized carbons (Fsp3) is 0.353. The molecule has 0 bridgehead atoms. The Labute approximate surface area is 142 Å². The lowest BCUT2D eigenvalue weighted by molar-refractivity contribution is -0.00611. The highest BCUT2D eigenvalue weighted by atomic mass is 79.9. The Bertz CT molecular complexity index is 697. The van der Waals surface area contributed by atoms with Crippen LogP contribution in [0.15, 0.2) is 45.5 Å². The lowest BCUT2D eigenvalue weighted by Gasteiger charge is -2.26. The summed E-state index contributed by atoms with van der Waals surface area (Å²) in [5.74, 6) is 0.927. The van der Waals surface area contributed by atoms with E-state index in [1.54, 1.807) is 37.4 Å². The van der Waals surface area contributed by atoms with Gasteiger partial charge in [0, 0.05) is 4.47 Å². The molecule has 1 unspecified atom stereocenters. The van der Waals surface area contributed by atoms with Crippen LogP contribution in [0.2, 0.25) is 0 Å². The van der Waals surface area contributed by atoms with Crippen LogP contribution in [0.5, 0.6) is 5.75 Å². The summed E-state index contributed by atoms with van der Waals surface area (Å²) in [7, 11) is 1.55. The van der Waals surface area contributed by atoms with Gasteiger partial charge in [-0.25, -0.2) is 0 Å². The van der Waals surface area contributed by atoms with Crippen molar-refractivity contribution in [1.29, 1.82) is 0 Å². The Morgan fingerprint density at radius 3 is 2.87 bits per heavy atom. The number of nitrogens with one attached hydrogen (secondary N) is 1. The fourth-order valence-corrected chi connectivity index (χ4v) is 3.06. The van der Waals surface area contributed by atoms with Gasteiger partial charge in [-0.3, -0.25) is 4.79 Å². The second-order valence-corrected chi connectivity index (χ2v) is 6.56. The van der Waals surface area contributed by atoms with E-state index in [1.807, 2.05) is 0 Å². The molecule has 1 aliphatic carbocycles. The molecule has 6 heteroatoms. The smallest absolute Gasteiger partial charge is 0.252 e. The highest BCUT2D eigenvalue weighted by Crippen LogP contribution is 2.45. The van der Waals surface area contributed by atoms with Gasteiger partial charge in [-0.1, -0.05) is 0 Å². The van der Waals surface area contributed by atoms with Crippen molar-refractivity contribution in [1.82, 2.24) is 5.32 Å². The highest BCUT2D eigenvalue weighted by Gasteiger charge is 2.47. The summed E-state index contributed by atoms with van der Waals surface area (Å²) >= 11 is 3.36. The number of hydrogen-bond donors (Lipinski definition) is 2. The zero-order valence-corrected chi connectivity index (χ0v) is 14.3. The standard InChI is InChI=1S/C17H18BrNO4/c1-22-12-6-7-14(18)13(9-12)16(20)19-10-17(21,11-4-5-11)15-3-2-8-23-15/h2-3,6-9,11,21H,4-5,10H2,1H3,(H,19,20). The number of amides is 1. The molecule has 3 rings (SSSR count). The summed E-state index contributed by atoms with van der Waals surface area (Å²) in [4.78, 5) is 12.5. The van der Waals surface area contributed by atoms with Crippen molar-refractivity contribution >= 4 is 21.8 Å². The number of carbonyl (C=O) groups excluding carboxylic acids is 1. The van der Waals surface area contributed by atoms with E-state index in [0.717, 1.165) is 12.8 Å². The van der Waals surface area contributed by atoms with Gasteiger partial charge in [-0.2, -0.15) is 0 Å². The predicted octanol–water partition coefficient (Wildman–Crippen LogP) is 3.08. The minimum atomic E-state index is -1.16. The van der Waals surface area contributed by atoms with Crippen molar-refractivity contribution in [2.75, 3.05) is 13.7 Å². The quantitative estimate of drug-likeness (QED) is 0.808. The van der Waals surface area contributed by atoms with Crippen molar-refractivity contribution in [3.8, 4) is 5.75 Å². The molecule has 1 heterocycles. The van der Waals surface area contributed by atoms with Crippen LogP contribution < -0.4 is 10.1 Å². The molecule has 0 spiro atoms. The van der Waals surface area contributed by atoms with E-state index in [4.69, 9.17) is 9.15 Å². The summed E-state index contributed by atoms with van der Waals surface area (Å²) < 4.78 is 11.2. The first kappa shape index (κ1) is 16.1. The molecule has 5 nitrogen and oxygen atoms in total. The molecular weight excluding hydrogens is 362 g/mol. The Morgan fingerprint density at radius 2 is 2.26 bits per heavy atom. The molecule has 1 aromatic heterocycles. The second kappa shape index (κ2) is 6.37. The van der Waals surface area contributed by atoms with Gasteiger partial charge < -0.3 is 19.6 Å². The normalized spacial score (nSPS) is 16.7. The van der Waals surface area contributed by atoms with E-state index in [2.05, 4.69) is 21.2 Å². The summed E-state index contributed by atoms with van der Waals surface area (Å²) in [5, 5.41) is 13.7. The van der Waals surface area contributed by atoms with Crippen molar-refractivity contribution < 1.29 is 19.1 Å². The summed E-state index contributed by atoms with van der Waals surface area (Å²) in [5.41, 5.74) is -0.702. The van der Waals surface area contributed by atoms with Crippen molar-refractivity contribution in [3.05, 3.63) is 52.4 Å². The maximum atomic E-state index is 12.5. The van der Waals surface area contributed by atoms with E-state index < -0.39 is 5.60 Å². The minimum Gasteiger partial charge on any atom is -0.497 e. The number of furan rings is 1. The van der Waals surface area contributed by atoms with E-state index in [0.29, 0.717) is 21.5 Å². The van der Waals surface area contributed by atoms with Crippen LogP contribution in [0, 0.1) is 5.92 Å². The van der Waals surface area contributed by atoms with E-state index in [-0.39, 0.29) is 18.4 Å². The SMILES string of the molecule is COc1ccc(Br)c(C(=O)NCC(O)(c2ccco2)C2CC2)c1. The number of rotatable bonds is 6. The number of benzene rings is 1. The van der Waals surface area contributed by atoms with Crippen LogP contribution >= 0.6 is 15.9 Å². The van der Waals surface area contributed by atoms with Crippen LogP contribution in [-0.4, -0.2) is 24.7 Å². The fourth-order valence-electron chi connectivity index (χ4n) is 2.63. The molecule has 0 radical (unpaired) electrons. The van der Waals surface area contributed by atoms with Gasteiger partial charge in [0.25, 0.3) is 5.91 Å². The molecule has 2 N–H and O–H groups in total. The van der Waals surface area contributed by atoms with Gasteiger partial charge in [0.1, 0.15) is 17.1 Å². The van der Waals surface area contributed by atoms with Crippen LogP contribution in [0.4, 0.5) is 0 Å². The number of carbonyl (C=O) groups is 1. The first-order valence-corrected chi connectivity index (χ1v) is 8.22. The van der Waals surface area contributed by atoms with Gasteiger partial charge in [0.15, 0.2) is 0 Å². The van der Waals surface area contributed by atoms with Gasteiger partial charge in [-0.05, 0) is 65.0 Å². The van der Waals surface area contributed by atoms with Crippen LogP contribution in [0.3, 0.4) is 0 Å². The van der Waals surface area contributed by atoms with Crippen molar-refractivity contribution in [3.63, 3.8) is 0 Å². The molecule has 1 aromatic carbocycles. The lowest BCUT2D eigenvalue weighted by atomic mass is 9.94. The van der Waals surface area contributed by atoms with Crippen LogP contribution in [-0.2, 0) is 5.60 Å². The molecular formula is C17H18BrNO4. The molecule has 0 saturated heterocycles.